The number of halogens is 8. The van der Waals surface area contributed by atoms with E-state index in [0.29, 0.717) is 44.9 Å². The van der Waals surface area contributed by atoms with Crippen LogP contribution in [0.1, 0.15) is 33.5 Å². The van der Waals surface area contributed by atoms with Crippen LogP contribution in [0.2, 0.25) is 0 Å². The summed E-state index contributed by atoms with van der Waals surface area (Å²) in [6, 6.07) is 14.4. The molecular formula is C31H36Cl2F6N4O2. The first-order chi connectivity index (χ1) is 20.5. The van der Waals surface area contributed by atoms with Crippen molar-refractivity contribution in [2.75, 3.05) is 59.0 Å². The molecule has 3 aromatic rings. The SMILES string of the molecule is Cl.Cl.O=C(c1cc(C(F)(F)F)cc(C(F)(F)F)c1)N1CCN(CCCNN2CCOCC2)CC1Cc1ccc2ccccc2c1. The van der Waals surface area contributed by atoms with Gasteiger partial charge in [0, 0.05) is 50.9 Å². The number of hydrogen-bond acceptors (Lipinski definition) is 5. The first-order valence-electron chi connectivity index (χ1n) is 14.3. The zero-order chi connectivity index (χ0) is 30.6. The third kappa shape index (κ3) is 9.69. The average molecular weight is 682 g/mol. The van der Waals surface area contributed by atoms with E-state index in [1.807, 2.05) is 42.5 Å². The molecule has 0 aromatic heterocycles. The Labute approximate surface area is 270 Å². The molecular weight excluding hydrogens is 645 g/mol. The number of rotatable bonds is 8. The monoisotopic (exact) mass is 680 g/mol. The number of piperazine rings is 1. The molecule has 2 aliphatic heterocycles. The van der Waals surface area contributed by atoms with E-state index in [9.17, 15) is 31.1 Å². The molecule has 6 nitrogen and oxygen atoms in total. The van der Waals surface area contributed by atoms with E-state index in [1.165, 1.54) is 4.90 Å². The van der Waals surface area contributed by atoms with Gasteiger partial charge in [-0.1, -0.05) is 42.5 Å². The average Bonchev–Trinajstić information content (AvgIpc) is 2.98. The van der Waals surface area contributed by atoms with Crippen LogP contribution in [0.4, 0.5) is 26.3 Å². The van der Waals surface area contributed by atoms with Crippen molar-refractivity contribution in [2.45, 2.75) is 31.2 Å². The van der Waals surface area contributed by atoms with E-state index in [-0.39, 0.29) is 37.4 Å². The highest BCUT2D eigenvalue weighted by atomic mass is 35.5. The Bertz CT molecular complexity index is 1390. The molecule has 2 fully saturated rings. The fourth-order valence-electron chi connectivity index (χ4n) is 5.71. The molecule has 0 radical (unpaired) electrons. The second-order valence-corrected chi connectivity index (χ2v) is 11.0. The number of carbonyl (C=O) groups excluding carboxylic acids is 1. The van der Waals surface area contributed by atoms with Gasteiger partial charge in [-0.2, -0.15) is 26.3 Å². The number of ether oxygens (including phenoxy) is 1. The highest BCUT2D eigenvalue weighted by Crippen LogP contribution is 2.37. The van der Waals surface area contributed by atoms with Gasteiger partial charge in [-0.05, 0) is 53.9 Å². The van der Waals surface area contributed by atoms with Crippen LogP contribution in [-0.4, -0.2) is 85.8 Å². The molecule has 0 bridgehead atoms. The first kappa shape index (κ1) is 36.9. The number of amides is 1. The number of morpholine rings is 1. The molecule has 248 valence electrons. The van der Waals surface area contributed by atoms with Gasteiger partial charge in [-0.25, -0.2) is 5.01 Å². The van der Waals surface area contributed by atoms with Crippen LogP contribution in [0, 0.1) is 0 Å². The Morgan fingerprint density at radius 1 is 0.822 bits per heavy atom. The third-order valence-electron chi connectivity index (χ3n) is 7.95. The highest BCUT2D eigenvalue weighted by Gasteiger charge is 2.39. The molecule has 3 aromatic carbocycles. The van der Waals surface area contributed by atoms with E-state index >= 15 is 0 Å². The first-order valence-corrected chi connectivity index (χ1v) is 14.3. The topological polar surface area (TPSA) is 48.1 Å². The lowest BCUT2D eigenvalue weighted by Crippen LogP contribution is -2.56. The van der Waals surface area contributed by atoms with Gasteiger partial charge in [0.1, 0.15) is 0 Å². The minimum atomic E-state index is -5.03. The summed E-state index contributed by atoms with van der Waals surface area (Å²) in [4.78, 5) is 17.3. The Morgan fingerprint density at radius 2 is 1.47 bits per heavy atom. The molecule has 1 amide bonds. The number of carbonyl (C=O) groups is 1. The Hall–Kier alpha value is -2.61. The van der Waals surface area contributed by atoms with Gasteiger partial charge in [0.2, 0.25) is 0 Å². The minimum absolute atomic E-state index is 0. The summed E-state index contributed by atoms with van der Waals surface area (Å²) >= 11 is 0. The summed E-state index contributed by atoms with van der Waals surface area (Å²) in [6.07, 6.45) is -8.83. The van der Waals surface area contributed by atoms with Gasteiger partial charge in [-0.15, -0.1) is 24.8 Å². The van der Waals surface area contributed by atoms with Crippen molar-refractivity contribution in [3.05, 3.63) is 82.9 Å². The van der Waals surface area contributed by atoms with Gasteiger partial charge < -0.3 is 9.64 Å². The normalized spacial score (nSPS) is 18.4. The molecule has 1 N–H and O–H groups in total. The quantitative estimate of drug-likeness (QED) is 0.223. The van der Waals surface area contributed by atoms with Crippen LogP contribution in [0.3, 0.4) is 0 Å². The number of benzene rings is 3. The van der Waals surface area contributed by atoms with Crippen LogP contribution in [0.15, 0.2) is 60.7 Å². The number of fused-ring (bicyclic) bond motifs is 1. The summed E-state index contributed by atoms with van der Waals surface area (Å²) in [5, 5.41) is 4.17. The summed E-state index contributed by atoms with van der Waals surface area (Å²) in [5.74, 6) is -0.837. The van der Waals surface area contributed by atoms with Gasteiger partial charge >= 0.3 is 12.4 Å². The largest absolute Gasteiger partial charge is 0.416 e. The van der Waals surface area contributed by atoms with Gasteiger partial charge in [0.25, 0.3) is 5.91 Å². The number of hydrazine groups is 1. The molecule has 0 spiro atoms. The van der Waals surface area contributed by atoms with Crippen molar-refractivity contribution < 1.29 is 35.9 Å². The van der Waals surface area contributed by atoms with Crippen LogP contribution >= 0.6 is 24.8 Å². The van der Waals surface area contributed by atoms with Crippen molar-refractivity contribution >= 4 is 41.5 Å². The number of nitrogens with one attached hydrogen (secondary N) is 1. The lowest BCUT2D eigenvalue weighted by atomic mass is 9.97. The summed E-state index contributed by atoms with van der Waals surface area (Å²) < 4.78 is 86.6. The van der Waals surface area contributed by atoms with E-state index < -0.39 is 41.0 Å². The fourth-order valence-corrected chi connectivity index (χ4v) is 5.71. The molecule has 2 saturated heterocycles. The predicted molar refractivity (Wildman–Crippen MR) is 165 cm³/mol. The predicted octanol–water partition coefficient (Wildman–Crippen LogP) is 6.32. The highest BCUT2D eigenvalue weighted by molar-refractivity contribution is 5.95. The second-order valence-electron chi connectivity index (χ2n) is 11.0. The molecule has 5 rings (SSSR count). The van der Waals surface area contributed by atoms with Crippen LogP contribution in [0.5, 0.6) is 0 Å². The van der Waals surface area contributed by atoms with Gasteiger partial charge in [0.15, 0.2) is 0 Å². The molecule has 2 heterocycles. The molecule has 0 aliphatic carbocycles. The molecule has 45 heavy (non-hydrogen) atoms. The molecule has 2 aliphatic rings. The standard InChI is InChI=1S/C31H34F6N4O2.2ClH/c32-30(33,34)26-18-25(19-27(20-26)31(35,36)37)29(42)41-11-10-39(9-3-8-38-40-12-14-43-15-13-40)21-28(41)17-22-6-7-23-4-1-2-5-24(23)16-22;;/h1-2,4-7,16,18-20,28,38H,3,8-15,17,21H2;2*1H. The Morgan fingerprint density at radius 3 is 2.11 bits per heavy atom. The van der Waals surface area contributed by atoms with Crippen molar-refractivity contribution in [1.82, 2.24) is 20.2 Å². The summed E-state index contributed by atoms with van der Waals surface area (Å²) in [5.41, 5.74) is 0.708. The maximum Gasteiger partial charge on any atom is 0.416 e. The molecule has 1 unspecified atom stereocenters. The van der Waals surface area contributed by atoms with E-state index in [4.69, 9.17) is 4.74 Å². The van der Waals surface area contributed by atoms with Gasteiger partial charge in [0.05, 0.1) is 24.3 Å². The van der Waals surface area contributed by atoms with Crippen LogP contribution < -0.4 is 5.43 Å². The van der Waals surface area contributed by atoms with Crippen LogP contribution in [0.25, 0.3) is 10.8 Å². The van der Waals surface area contributed by atoms with Crippen molar-refractivity contribution in [3.8, 4) is 0 Å². The Balaban J connectivity index is 0.00000276. The zero-order valence-electron chi connectivity index (χ0n) is 24.4. The van der Waals surface area contributed by atoms with Crippen molar-refractivity contribution in [2.24, 2.45) is 0 Å². The maximum atomic E-state index is 13.7. The van der Waals surface area contributed by atoms with Crippen molar-refractivity contribution in [1.29, 1.82) is 0 Å². The zero-order valence-corrected chi connectivity index (χ0v) is 26.0. The lowest BCUT2D eigenvalue weighted by Gasteiger charge is -2.42. The smallest absolute Gasteiger partial charge is 0.379 e. The molecule has 14 heteroatoms. The number of nitrogens with zero attached hydrogens (tertiary/aromatic N) is 3. The number of hydrogen-bond donors (Lipinski definition) is 1. The third-order valence-corrected chi connectivity index (χ3v) is 7.95. The van der Waals surface area contributed by atoms with E-state index in [1.54, 1.807) is 0 Å². The maximum absolute atomic E-state index is 13.7. The number of alkyl halides is 6. The van der Waals surface area contributed by atoms with E-state index in [2.05, 4.69) is 15.3 Å². The Kier molecular flexibility index (Phi) is 12.9. The van der Waals surface area contributed by atoms with Crippen molar-refractivity contribution in [3.63, 3.8) is 0 Å². The van der Waals surface area contributed by atoms with Crippen LogP contribution in [-0.2, 0) is 23.5 Å². The minimum Gasteiger partial charge on any atom is -0.379 e. The lowest BCUT2D eigenvalue weighted by molar-refractivity contribution is -0.143. The molecule has 1 atom stereocenters. The second kappa shape index (κ2) is 15.8. The molecule has 0 saturated carbocycles. The van der Waals surface area contributed by atoms with Gasteiger partial charge in [-0.3, -0.25) is 15.1 Å². The summed E-state index contributed by atoms with van der Waals surface area (Å²) in [7, 11) is 0. The van der Waals surface area contributed by atoms with E-state index in [0.717, 1.165) is 48.9 Å². The fraction of sp³-hybridized carbons (Fsp3) is 0.452. The summed E-state index contributed by atoms with van der Waals surface area (Å²) in [6.45, 7) is 5.54.